The van der Waals surface area contributed by atoms with Gasteiger partial charge in [-0.2, -0.15) is 0 Å². The van der Waals surface area contributed by atoms with Gasteiger partial charge in [0.25, 0.3) is 0 Å². The molecule has 0 saturated heterocycles. The Hall–Kier alpha value is -1.16. The Kier molecular flexibility index (Phi) is 3.72. The molecule has 0 aliphatic heterocycles. The number of nitrogens with one attached hydrogen (secondary N) is 1. The third-order valence-corrected chi connectivity index (χ3v) is 3.17. The van der Waals surface area contributed by atoms with Gasteiger partial charge >= 0.3 is 0 Å². The summed E-state index contributed by atoms with van der Waals surface area (Å²) in [5, 5.41) is 12.7. The van der Waals surface area contributed by atoms with Crippen LogP contribution in [0.1, 0.15) is 31.9 Å². The summed E-state index contributed by atoms with van der Waals surface area (Å²) in [7, 11) is 0. The summed E-state index contributed by atoms with van der Waals surface area (Å²) in [5.74, 6) is 1.48. The SMILES string of the molecule is CCc1cc(NCC2CCC(O)C2)ncn1. The number of aromatic nitrogens is 2. The van der Waals surface area contributed by atoms with Crippen molar-refractivity contribution >= 4 is 5.82 Å². The van der Waals surface area contributed by atoms with E-state index in [1.54, 1.807) is 6.33 Å². The second-order valence-corrected chi connectivity index (χ2v) is 4.46. The summed E-state index contributed by atoms with van der Waals surface area (Å²) in [6.07, 6.45) is 5.40. The molecule has 4 heteroatoms. The fourth-order valence-electron chi connectivity index (χ4n) is 2.17. The van der Waals surface area contributed by atoms with Gasteiger partial charge in [0.05, 0.1) is 6.10 Å². The smallest absolute Gasteiger partial charge is 0.129 e. The molecule has 0 bridgehead atoms. The van der Waals surface area contributed by atoms with Crippen LogP contribution in [0.15, 0.2) is 12.4 Å². The lowest BCUT2D eigenvalue weighted by Gasteiger charge is -2.11. The first kappa shape index (κ1) is 11.3. The van der Waals surface area contributed by atoms with Crippen LogP contribution in [0.4, 0.5) is 5.82 Å². The summed E-state index contributed by atoms with van der Waals surface area (Å²) in [6.45, 7) is 2.98. The molecule has 1 aromatic rings. The topological polar surface area (TPSA) is 58.0 Å². The van der Waals surface area contributed by atoms with Crippen LogP contribution >= 0.6 is 0 Å². The third-order valence-electron chi connectivity index (χ3n) is 3.17. The Labute approximate surface area is 96.1 Å². The average Bonchev–Trinajstić information content (AvgIpc) is 2.73. The lowest BCUT2D eigenvalue weighted by atomic mass is 10.1. The van der Waals surface area contributed by atoms with Crippen molar-refractivity contribution < 1.29 is 5.11 Å². The van der Waals surface area contributed by atoms with Gasteiger partial charge in [-0.1, -0.05) is 6.92 Å². The lowest BCUT2D eigenvalue weighted by Crippen LogP contribution is -2.13. The van der Waals surface area contributed by atoms with Crippen LogP contribution in [0.2, 0.25) is 0 Å². The largest absolute Gasteiger partial charge is 0.393 e. The number of aliphatic hydroxyl groups excluding tert-OH is 1. The van der Waals surface area contributed by atoms with Crippen molar-refractivity contribution in [1.82, 2.24) is 9.97 Å². The summed E-state index contributed by atoms with van der Waals surface area (Å²) in [5.41, 5.74) is 1.06. The summed E-state index contributed by atoms with van der Waals surface area (Å²) in [6, 6.07) is 1.99. The normalized spacial score (nSPS) is 24.6. The first-order valence-corrected chi connectivity index (χ1v) is 6.00. The van der Waals surface area contributed by atoms with E-state index >= 15 is 0 Å². The molecule has 4 nitrogen and oxygen atoms in total. The summed E-state index contributed by atoms with van der Waals surface area (Å²) in [4.78, 5) is 8.34. The monoisotopic (exact) mass is 221 g/mol. The second-order valence-electron chi connectivity index (χ2n) is 4.46. The minimum atomic E-state index is -0.0941. The second kappa shape index (κ2) is 5.25. The van der Waals surface area contributed by atoms with Gasteiger partial charge in [0.15, 0.2) is 0 Å². The van der Waals surface area contributed by atoms with Crippen molar-refractivity contribution in [3.63, 3.8) is 0 Å². The molecule has 0 radical (unpaired) electrons. The minimum Gasteiger partial charge on any atom is -0.393 e. The van der Waals surface area contributed by atoms with Crippen molar-refractivity contribution in [2.45, 2.75) is 38.7 Å². The van der Waals surface area contributed by atoms with Crippen LogP contribution in [0.3, 0.4) is 0 Å². The van der Waals surface area contributed by atoms with Crippen LogP contribution in [-0.2, 0) is 6.42 Å². The maximum Gasteiger partial charge on any atom is 0.129 e. The molecule has 2 rings (SSSR count). The predicted octanol–water partition coefficient (Wildman–Crippen LogP) is 1.61. The van der Waals surface area contributed by atoms with Crippen LogP contribution in [0.25, 0.3) is 0 Å². The predicted molar refractivity (Wildman–Crippen MR) is 63.2 cm³/mol. The molecule has 1 saturated carbocycles. The fourth-order valence-corrected chi connectivity index (χ4v) is 2.17. The Bertz CT molecular complexity index is 343. The molecule has 1 aliphatic carbocycles. The zero-order chi connectivity index (χ0) is 11.4. The third kappa shape index (κ3) is 2.92. The van der Waals surface area contributed by atoms with Gasteiger partial charge in [0.1, 0.15) is 12.1 Å². The van der Waals surface area contributed by atoms with Gasteiger partial charge in [-0.15, -0.1) is 0 Å². The highest BCUT2D eigenvalue weighted by Crippen LogP contribution is 2.25. The molecule has 1 aromatic heterocycles. The highest BCUT2D eigenvalue weighted by molar-refractivity contribution is 5.34. The standard InChI is InChI=1S/C12H19N3O/c1-2-10-6-12(15-8-14-10)13-7-9-3-4-11(16)5-9/h6,8-9,11,16H,2-5,7H2,1H3,(H,13,14,15). The maximum atomic E-state index is 9.43. The Morgan fingerprint density at radius 3 is 3.00 bits per heavy atom. The first-order chi connectivity index (χ1) is 7.78. The zero-order valence-corrected chi connectivity index (χ0v) is 9.69. The Morgan fingerprint density at radius 2 is 2.31 bits per heavy atom. The molecule has 1 heterocycles. The molecule has 0 amide bonds. The van der Waals surface area contributed by atoms with Gasteiger partial charge in [-0.25, -0.2) is 9.97 Å². The molecule has 2 unspecified atom stereocenters. The van der Waals surface area contributed by atoms with E-state index in [0.717, 1.165) is 43.7 Å². The maximum absolute atomic E-state index is 9.43. The highest BCUT2D eigenvalue weighted by atomic mass is 16.3. The minimum absolute atomic E-state index is 0.0941. The van der Waals surface area contributed by atoms with Crippen LogP contribution < -0.4 is 5.32 Å². The molecular weight excluding hydrogens is 202 g/mol. The van der Waals surface area contributed by atoms with Crippen molar-refractivity contribution in [1.29, 1.82) is 0 Å². The lowest BCUT2D eigenvalue weighted by molar-refractivity contribution is 0.178. The Morgan fingerprint density at radius 1 is 1.44 bits per heavy atom. The number of aliphatic hydroxyl groups is 1. The van der Waals surface area contributed by atoms with Crippen LogP contribution in [0.5, 0.6) is 0 Å². The van der Waals surface area contributed by atoms with Crippen molar-refractivity contribution in [3.8, 4) is 0 Å². The number of anilines is 1. The van der Waals surface area contributed by atoms with E-state index in [9.17, 15) is 5.11 Å². The average molecular weight is 221 g/mol. The summed E-state index contributed by atoms with van der Waals surface area (Å²) >= 11 is 0. The van der Waals surface area contributed by atoms with E-state index in [0.29, 0.717) is 5.92 Å². The fraction of sp³-hybridized carbons (Fsp3) is 0.667. The quantitative estimate of drug-likeness (QED) is 0.811. The number of hydrogen-bond donors (Lipinski definition) is 2. The van der Waals surface area contributed by atoms with Gasteiger partial charge in [0, 0.05) is 18.3 Å². The van der Waals surface area contributed by atoms with Crippen molar-refractivity contribution in [2.75, 3.05) is 11.9 Å². The number of nitrogens with zero attached hydrogens (tertiary/aromatic N) is 2. The van der Waals surface area contributed by atoms with E-state index in [-0.39, 0.29) is 6.10 Å². The number of rotatable bonds is 4. The molecule has 0 aromatic carbocycles. The van der Waals surface area contributed by atoms with Gasteiger partial charge in [-0.3, -0.25) is 0 Å². The zero-order valence-electron chi connectivity index (χ0n) is 9.69. The van der Waals surface area contributed by atoms with E-state index in [2.05, 4.69) is 22.2 Å². The van der Waals surface area contributed by atoms with Crippen molar-refractivity contribution in [3.05, 3.63) is 18.1 Å². The summed E-state index contributed by atoms with van der Waals surface area (Å²) < 4.78 is 0. The van der Waals surface area contributed by atoms with E-state index < -0.39 is 0 Å². The van der Waals surface area contributed by atoms with Crippen LogP contribution in [0, 0.1) is 5.92 Å². The molecule has 0 spiro atoms. The molecule has 1 aliphatic rings. The molecule has 88 valence electrons. The molecular formula is C12H19N3O. The van der Waals surface area contributed by atoms with E-state index in [1.807, 2.05) is 6.07 Å². The van der Waals surface area contributed by atoms with Gasteiger partial charge in [-0.05, 0) is 31.6 Å². The van der Waals surface area contributed by atoms with Crippen molar-refractivity contribution in [2.24, 2.45) is 5.92 Å². The Balaban J connectivity index is 1.84. The molecule has 1 fully saturated rings. The first-order valence-electron chi connectivity index (χ1n) is 6.00. The highest BCUT2D eigenvalue weighted by Gasteiger charge is 2.22. The van der Waals surface area contributed by atoms with E-state index in [1.165, 1.54) is 0 Å². The number of hydrogen-bond acceptors (Lipinski definition) is 4. The molecule has 2 atom stereocenters. The molecule has 2 N–H and O–H groups in total. The van der Waals surface area contributed by atoms with Crippen LogP contribution in [-0.4, -0.2) is 27.7 Å². The number of aryl methyl sites for hydroxylation is 1. The van der Waals surface area contributed by atoms with E-state index in [4.69, 9.17) is 0 Å². The van der Waals surface area contributed by atoms with Gasteiger partial charge < -0.3 is 10.4 Å². The van der Waals surface area contributed by atoms with Gasteiger partial charge in [0.2, 0.25) is 0 Å². The molecule has 16 heavy (non-hydrogen) atoms.